The third-order valence-corrected chi connectivity index (χ3v) is 20.1. The Morgan fingerprint density at radius 1 is 0.149 bits per heavy atom. The maximum Gasteiger partial charge on any atom is 0.0620 e. The molecule has 94 heavy (non-hydrogen) atoms. The van der Waals surface area contributed by atoms with Gasteiger partial charge in [-0.1, -0.05) is 224 Å². The zero-order chi connectivity index (χ0) is 61.5. The summed E-state index contributed by atoms with van der Waals surface area (Å²) in [5.74, 6) is 0. The van der Waals surface area contributed by atoms with Crippen molar-refractivity contribution in [3.05, 3.63) is 340 Å². The molecule has 20 rings (SSSR count). The smallest absolute Gasteiger partial charge is 0.0620 e. The molecule has 0 N–H and O–H groups in total. The van der Waals surface area contributed by atoms with Crippen LogP contribution in [0.25, 0.3) is 187 Å². The average molecular weight is 1190 g/mol. The van der Waals surface area contributed by atoms with Crippen molar-refractivity contribution >= 4 is 104 Å². The van der Waals surface area contributed by atoms with Gasteiger partial charge in [-0.2, -0.15) is 0 Å². The topological polar surface area (TPSA) is 19.2 Å². The van der Waals surface area contributed by atoms with E-state index < -0.39 is 0 Å². The summed E-state index contributed by atoms with van der Waals surface area (Å²) in [6, 6.07) is 126. The van der Waals surface area contributed by atoms with Crippen LogP contribution >= 0.6 is 0 Å². The molecule has 0 atom stereocenters. The molecule has 0 saturated carbocycles. The van der Waals surface area contributed by atoms with Crippen LogP contribution < -0.4 is 0 Å². The van der Waals surface area contributed by atoms with Crippen LogP contribution in [-0.4, -0.2) is 18.1 Å². The largest absolute Gasteiger partial charge is 0.309 e. The van der Waals surface area contributed by atoms with Gasteiger partial charge in [0.1, 0.15) is 0 Å². The van der Waals surface area contributed by atoms with Crippen molar-refractivity contribution < 1.29 is 0 Å². The van der Waals surface area contributed by atoms with Crippen molar-refractivity contribution in [3.8, 4) is 83.8 Å². The fraction of sp³-hybridized carbons (Fsp3) is 0. The third-order valence-electron chi connectivity index (χ3n) is 20.1. The molecule has 0 radical (unpaired) electrons. The van der Waals surface area contributed by atoms with Gasteiger partial charge in [0.25, 0.3) is 0 Å². The van der Waals surface area contributed by atoms with Gasteiger partial charge in [0.2, 0.25) is 0 Å². The Morgan fingerprint density at radius 3 is 0.979 bits per heavy atom. The summed E-state index contributed by atoms with van der Waals surface area (Å²) in [5, 5.41) is 12.6. The summed E-state index contributed by atoms with van der Waals surface area (Å²) < 4.78 is 9.70. The fourth-order valence-corrected chi connectivity index (χ4v) is 15.8. The minimum absolute atomic E-state index is 1.12. The maximum absolute atomic E-state index is 2.45. The molecule has 15 aromatic carbocycles. The lowest BCUT2D eigenvalue weighted by molar-refractivity contribution is 1.17. The van der Waals surface area contributed by atoms with E-state index in [0.717, 1.165) is 11.4 Å². The van der Waals surface area contributed by atoms with Gasteiger partial charge in [0.05, 0.1) is 49.7 Å². The Bertz CT molecular complexity index is 6450. The van der Waals surface area contributed by atoms with Gasteiger partial charge in [0, 0.05) is 70.9 Å². The summed E-state index contributed by atoms with van der Waals surface area (Å²) in [5.41, 5.74) is 28.7. The van der Waals surface area contributed by atoms with Crippen LogP contribution in [0.15, 0.2) is 340 Å². The zero-order valence-electron chi connectivity index (χ0n) is 51.1. The van der Waals surface area contributed by atoms with Gasteiger partial charge in [-0.15, -0.1) is 0 Å². The van der Waals surface area contributed by atoms with E-state index in [1.54, 1.807) is 0 Å². The quantitative estimate of drug-likeness (QED) is 0.137. The molecular formula is C90H56N4. The first-order chi connectivity index (χ1) is 46.6. The van der Waals surface area contributed by atoms with Crippen molar-refractivity contribution in [3.63, 3.8) is 0 Å². The number of hydrogen-bond donors (Lipinski definition) is 0. The molecule has 0 saturated heterocycles. The van der Waals surface area contributed by atoms with E-state index in [-0.39, 0.29) is 0 Å². The number of fused-ring (bicyclic) bond motifs is 15. The molecule has 0 aliphatic rings. The molecule has 0 aliphatic carbocycles. The molecule has 20 aromatic rings. The Labute approximate surface area is 541 Å². The first-order valence-corrected chi connectivity index (χ1v) is 32.5. The number of rotatable bonds is 9. The van der Waals surface area contributed by atoms with Gasteiger partial charge in [0.15, 0.2) is 0 Å². The van der Waals surface area contributed by atoms with Crippen molar-refractivity contribution in [1.82, 2.24) is 18.1 Å². The predicted octanol–water partition coefficient (Wildman–Crippen LogP) is 24.1. The summed E-state index contributed by atoms with van der Waals surface area (Å²) >= 11 is 0. The zero-order valence-corrected chi connectivity index (χ0v) is 51.1. The number of benzene rings is 15. The fourth-order valence-electron chi connectivity index (χ4n) is 15.8. The van der Waals surface area contributed by atoms with Crippen LogP contribution in [0.3, 0.4) is 0 Å². The van der Waals surface area contributed by atoms with E-state index in [1.807, 2.05) is 0 Å². The van der Waals surface area contributed by atoms with E-state index in [1.165, 1.54) is 176 Å². The van der Waals surface area contributed by atoms with E-state index >= 15 is 0 Å². The number of hydrogen-bond acceptors (Lipinski definition) is 0. The van der Waals surface area contributed by atoms with Crippen molar-refractivity contribution in [2.75, 3.05) is 0 Å². The second-order valence-corrected chi connectivity index (χ2v) is 25.2. The average Bonchev–Trinajstić information content (AvgIpc) is 1.56. The summed E-state index contributed by atoms with van der Waals surface area (Å²) in [7, 11) is 0. The summed E-state index contributed by atoms with van der Waals surface area (Å²) in [4.78, 5) is 0. The third kappa shape index (κ3) is 7.93. The molecule has 4 heteroatoms. The lowest BCUT2D eigenvalue weighted by atomic mass is 9.92. The van der Waals surface area contributed by atoms with Crippen LogP contribution in [-0.2, 0) is 0 Å². The Balaban J connectivity index is 0.593. The molecule has 4 nitrogen and oxygen atoms in total. The van der Waals surface area contributed by atoms with Gasteiger partial charge in [-0.05, 0) is 182 Å². The van der Waals surface area contributed by atoms with Crippen molar-refractivity contribution in [2.24, 2.45) is 0 Å². The highest BCUT2D eigenvalue weighted by molar-refractivity contribution is 6.24. The predicted molar refractivity (Wildman–Crippen MR) is 397 cm³/mol. The highest BCUT2D eigenvalue weighted by Gasteiger charge is 2.21. The molecule has 5 heterocycles. The Morgan fingerprint density at radius 2 is 0.447 bits per heavy atom. The Kier molecular flexibility index (Phi) is 11.4. The van der Waals surface area contributed by atoms with E-state index in [0.29, 0.717) is 0 Å². The molecule has 0 bridgehead atoms. The molecule has 0 spiro atoms. The highest BCUT2D eigenvalue weighted by Crippen LogP contribution is 2.44. The molecule has 436 valence electrons. The van der Waals surface area contributed by atoms with Gasteiger partial charge >= 0.3 is 0 Å². The summed E-state index contributed by atoms with van der Waals surface area (Å²) in [6.07, 6.45) is 0. The van der Waals surface area contributed by atoms with Crippen molar-refractivity contribution in [1.29, 1.82) is 0 Å². The minimum atomic E-state index is 1.12. The SMILES string of the molecule is c1ccc(-n2c3ccccc3c3cc(-c4ccc5c(c4)c4ccccc4n5-c4ccc5c(c4)c4ccccc4n5-c4ccc(-c5ccccc5-c5ccc(-c6cccc(-c7cccc(-c8ccc9c(c8)c8cccc%10c%11ccccc%11n9c%108)c7)c6)cc5)cc4)ccc32)cc1. The van der Waals surface area contributed by atoms with E-state index in [2.05, 4.69) is 358 Å². The number of aromatic nitrogens is 4. The van der Waals surface area contributed by atoms with E-state index in [4.69, 9.17) is 0 Å². The normalized spacial score (nSPS) is 12.0. The molecule has 0 amide bonds. The van der Waals surface area contributed by atoms with Crippen LogP contribution in [0.2, 0.25) is 0 Å². The second kappa shape index (κ2) is 20.5. The van der Waals surface area contributed by atoms with Crippen LogP contribution in [0.5, 0.6) is 0 Å². The number of nitrogens with zero attached hydrogens (tertiary/aromatic N) is 4. The molecule has 0 aliphatic heterocycles. The van der Waals surface area contributed by atoms with Gasteiger partial charge in [-0.25, -0.2) is 0 Å². The van der Waals surface area contributed by atoms with Crippen LogP contribution in [0.1, 0.15) is 0 Å². The van der Waals surface area contributed by atoms with E-state index in [9.17, 15) is 0 Å². The van der Waals surface area contributed by atoms with Gasteiger partial charge in [-0.3, -0.25) is 0 Å². The van der Waals surface area contributed by atoms with Crippen LogP contribution in [0.4, 0.5) is 0 Å². The summed E-state index contributed by atoms with van der Waals surface area (Å²) in [6.45, 7) is 0. The number of para-hydroxylation sites is 6. The van der Waals surface area contributed by atoms with Crippen LogP contribution in [0, 0.1) is 0 Å². The molecule has 0 unspecified atom stereocenters. The Hall–Kier alpha value is -12.5. The monoisotopic (exact) mass is 1190 g/mol. The lowest BCUT2D eigenvalue weighted by Crippen LogP contribution is -1.96. The first-order valence-electron chi connectivity index (χ1n) is 32.5. The second-order valence-electron chi connectivity index (χ2n) is 25.2. The lowest BCUT2D eigenvalue weighted by Gasteiger charge is -2.13. The van der Waals surface area contributed by atoms with Gasteiger partial charge < -0.3 is 18.1 Å². The molecule has 0 fully saturated rings. The van der Waals surface area contributed by atoms with Crippen molar-refractivity contribution in [2.45, 2.75) is 0 Å². The highest BCUT2D eigenvalue weighted by atomic mass is 15.0. The first kappa shape index (κ1) is 52.3. The minimum Gasteiger partial charge on any atom is -0.309 e. The molecule has 5 aromatic heterocycles. The maximum atomic E-state index is 2.45. The molecular weight excluding hydrogens is 1140 g/mol. The standard InChI is InChI=1S/C90H56N4/c1-2-21-67(22-3-1)91-82-31-10-7-26-73(82)78-53-65(41-47-86(78)91)66-42-48-87-79(54-66)74-27-8-12-33-84(74)93(87)69-46-50-88-81(56-69)75-28-9-11-32-83(75)92(88)68-44-39-59(40-45-68)71-24-5-4-23-70(71)58-37-35-57(36-38-58)60-17-14-18-61(51-60)62-19-15-20-63(52-62)64-43-49-89-80(55-64)77-30-16-29-76-72-25-6-13-34-85(72)94(89)90(76)77/h1-56H.